The average molecular weight is 257 g/mol. The molecule has 2 unspecified atom stereocenters. The van der Waals surface area contributed by atoms with E-state index in [1.807, 2.05) is 24.3 Å². The monoisotopic (exact) mass is 256 g/mol. The van der Waals surface area contributed by atoms with Crippen LogP contribution in [0.3, 0.4) is 0 Å². The first kappa shape index (κ1) is 12.7. The van der Waals surface area contributed by atoms with E-state index in [4.69, 9.17) is 11.6 Å². The smallest absolute Gasteiger partial charge is 0.114 e. The predicted octanol–water partition coefficient (Wildman–Crippen LogP) is 2.87. The molecule has 17 heavy (non-hydrogen) atoms. The van der Waals surface area contributed by atoms with Crippen LogP contribution in [0, 0.1) is 0 Å². The van der Waals surface area contributed by atoms with Crippen molar-refractivity contribution in [2.45, 2.75) is 25.6 Å². The molecular weight excluding hydrogens is 239 g/mol. The molecular formula is C13H18ClFN2. The zero-order valence-corrected chi connectivity index (χ0v) is 10.8. The van der Waals surface area contributed by atoms with E-state index in [0.717, 1.165) is 23.8 Å². The first-order chi connectivity index (χ1) is 8.19. The Balaban J connectivity index is 1.98. The fraction of sp³-hybridized carbons (Fsp3) is 0.538. The fourth-order valence-corrected chi connectivity index (χ4v) is 2.37. The lowest BCUT2D eigenvalue weighted by atomic mass is 10.2. The molecule has 0 aromatic heterocycles. The highest BCUT2D eigenvalue weighted by atomic mass is 35.5. The first-order valence-electron chi connectivity index (χ1n) is 6.07. The Morgan fingerprint density at radius 2 is 2.12 bits per heavy atom. The normalized spacial score (nSPS) is 23.9. The second-order valence-electron chi connectivity index (χ2n) is 4.45. The molecule has 94 valence electrons. The van der Waals surface area contributed by atoms with Gasteiger partial charge in [-0.05, 0) is 37.6 Å². The Kier molecular flexibility index (Phi) is 4.24. The highest BCUT2D eigenvalue weighted by Crippen LogP contribution is 2.20. The van der Waals surface area contributed by atoms with E-state index in [9.17, 15) is 4.39 Å². The van der Waals surface area contributed by atoms with Gasteiger partial charge >= 0.3 is 0 Å². The molecule has 2 atom stereocenters. The van der Waals surface area contributed by atoms with E-state index in [-0.39, 0.29) is 6.04 Å². The molecule has 1 fully saturated rings. The maximum Gasteiger partial charge on any atom is 0.114 e. The molecule has 1 N–H and O–H groups in total. The lowest BCUT2D eigenvalue weighted by Gasteiger charge is -2.26. The average Bonchev–Trinajstić information content (AvgIpc) is 2.73. The number of hydrogen-bond acceptors (Lipinski definition) is 2. The van der Waals surface area contributed by atoms with Crippen LogP contribution in [0.25, 0.3) is 0 Å². The van der Waals surface area contributed by atoms with E-state index < -0.39 is 6.17 Å². The van der Waals surface area contributed by atoms with Crippen molar-refractivity contribution < 1.29 is 4.39 Å². The summed E-state index contributed by atoms with van der Waals surface area (Å²) in [6, 6.07) is 8.04. The summed E-state index contributed by atoms with van der Waals surface area (Å²) in [5, 5.41) is 3.95. The van der Waals surface area contributed by atoms with Crippen LogP contribution in [0.1, 0.15) is 13.3 Å². The zero-order valence-electron chi connectivity index (χ0n) is 10.00. The van der Waals surface area contributed by atoms with Crippen LogP contribution in [0.4, 0.5) is 10.1 Å². The van der Waals surface area contributed by atoms with Crippen LogP contribution >= 0.6 is 11.6 Å². The molecule has 1 heterocycles. The van der Waals surface area contributed by atoms with Gasteiger partial charge in [0, 0.05) is 36.4 Å². The van der Waals surface area contributed by atoms with E-state index in [1.54, 1.807) is 0 Å². The molecule has 0 saturated carbocycles. The van der Waals surface area contributed by atoms with Crippen molar-refractivity contribution in [1.82, 2.24) is 5.32 Å². The van der Waals surface area contributed by atoms with E-state index in [2.05, 4.69) is 17.1 Å². The fourth-order valence-electron chi connectivity index (χ4n) is 2.24. The third kappa shape index (κ3) is 3.33. The predicted molar refractivity (Wildman–Crippen MR) is 70.6 cm³/mol. The first-order valence-corrected chi connectivity index (χ1v) is 6.44. The summed E-state index contributed by atoms with van der Waals surface area (Å²) in [7, 11) is 0. The molecule has 0 radical (unpaired) electrons. The lowest BCUT2D eigenvalue weighted by molar-refractivity contribution is 0.355. The van der Waals surface area contributed by atoms with Crippen LogP contribution in [0.15, 0.2) is 24.3 Å². The van der Waals surface area contributed by atoms with Crippen molar-refractivity contribution in [3.63, 3.8) is 0 Å². The van der Waals surface area contributed by atoms with Crippen LogP contribution < -0.4 is 10.2 Å². The van der Waals surface area contributed by atoms with Gasteiger partial charge < -0.3 is 10.2 Å². The Hall–Kier alpha value is -0.800. The molecule has 4 heteroatoms. The molecule has 0 amide bonds. The van der Waals surface area contributed by atoms with Gasteiger partial charge in [0.25, 0.3) is 0 Å². The number of nitrogens with zero attached hydrogens (tertiary/aromatic N) is 1. The molecule has 2 rings (SSSR count). The van der Waals surface area contributed by atoms with Gasteiger partial charge in [-0.2, -0.15) is 0 Å². The summed E-state index contributed by atoms with van der Waals surface area (Å²) in [5.74, 6) is 0. The molecule has 0 spiro atoms. The van der Waals surface area contributed by atoms with Crippen LogP contribution in [-0.4, -0.2) is 31.8 Å². The Morgan fingerprint density at radius 1 is 1.41 bits per heavy atom. The SMILES string of the molecule is CCN(CC1CC(F)CN1)c1ccc(Cl)cc1. The van der Waals surface area contributed by atoms with Gasteiger partial charge in [0.1, 0.15) is 6.17 Å². The second-order valence-corrected chi connectivity index (χ2v) is 4.89. The number of benzene rings is 1. The number of likely N-dealkylation sites (N-methyl/N-ethyl adjacent to an activating group) is 1. The topological polar surface area (TPSA) is 15.3 Å². The van der Waals surface area contributed by atoms with Crippen LogP contribution in [0.2, 0.25) is 5.02 Å². The van der Waals surface area contributed by atoms with Gasteiger partial charge in [-0.15, -0.1) is 0 Å². The standard InChI is InChI=1S/C13H18ClFN2/c1-2-17(9-12-7-11(15)8-16-12)13-5-3-10(14)4-6-13/h3-6,11-12,16H,2,7-9H2,1H3. The van der Waals surface area contributed by atoms with Crippen molar-refractivity contribution in [3.05, 3.63) is 29.3 Å². The number of rotatable bonds is 4. The van der Waals surface area contributed by atoms with E-state index >= 15 is 0 Å². The lowest BCUT2D eigenvalue weighted by Crippen LogP contribution is -2.37. The maximum absolute atomic E-state index is 13.1. The van der Waals surface area contributed by atoms with Gasteiger partial charge in [-0.3, -0.25) is 0 Å². The van der Waals surface area contributed by atoms with Gasteiger partial charge in [-0.1, -0.05) is 11.6 Å². The molecule has 1 aliphatic rings. The summed E-state index contributed by atoms with van der Waals surface area (Å²) in [6.07, 6.45) is -0.0756. The molecule has 2 nitrogen and oxygen atoms in total. The number of halogens is 2. The molecule has 1 aromatic carbocycles. The third-order valence-corrected chi connectivity index (χ3v) is 3.43. The van der Waals surface area contributed by atoms with Gasteiger partial charge in [0.05, 0.1) is 0 Å². The van der Waals surface area contributed by atoms with Crippen molar-refractivity contribution >= 4 is 17.3 Å². The highest BCUT2D eigenvalue weighted by molar-refractivity contribution is 6.30. The van der Waals surface area contributed by atoms with Gasteiger partial charge in [0.15, 0.2) is 0 Å². The minimum absolute atomic E-state index is 0.251. The van der Waals surface area contributed by atoms with Crippen molar-refractivity contribution in [2.24, 2.45) is 0 Å². The molecule has 0 bridgehead atoms. The Labute approximate surface area is 107 Å². The minimum Gasteiger partial charge on any atom is -0.370 e. The molecule has 1 saturated heterocycles. The van der Waals surface area contributed by atoms with Gasteiger partial charge in [0.2, 0.25) is 0 Å². The summed E-state index contributed by atoms with van der Waals surface area (Å²) in [6.45, 7) is 4.36. The van der Waals surface area contributed by atoms with Crippen molar-refractivity contribution in [3.8, 4) is 0 Å². The van der Waals surface area contributed by atoms with Crippen LogP contribution in [0.5, 0.6) is 0 Å². The highest BCUT2D eigenvalue weighted by Gasteiger charge is 2.24. The second kappa shape index (κ2) is 5.69. The van der Waals surface area contributed by atoms with Crippen molar-refractivity contribution in [1.29, 1.82) is 0 Å². The van der Waals surface area contributed by atoms with E-state index in [1.165, 1.54) is 0 Å². The number of nitrogens with one attached hydrogen (secondary N) is 1. The van der Waals surface area contributed by atoms with Gasteiger partial charge in [-0.25, -0.2) is 4.39 Å². The number of anilines is 1. The number of alkyl halides is 1. The summed E-state index contributed by atoms with van der Waals surface area (Å²) in [5.41, 5.74) is 1.14. The zero-order chi connectivity index (χ0) is 12.3. The molecule has 1 aliphatic heterocycles. The molecule has 1 aromatic rings. The number of hydrogen-bond donors (Lipinski definition) is 1. The maximum atomic E-state index is 13.1. The third-order valence-electron chi connectivity index (χ3n) is 3.18. The minimum atomic E-state index is -0.691. The molecule has 0 aliphatic carbocycles. The van der Waals surface area contributed by atoms with Crippen LogP contribution in [-0.2, 0) is 0 Å². The Bertz CT molecular complexity index is 355. The quantitative estimate of drug-likeness (QED) is 0.891. The summed E-state index contributed by atoms with van der Waals surface area (Å²) in [4.78, 5) is 2.24. The van der Waals surface area contributed by atoms with E-state index in [0.29, 0.717) is 13.0 Å². The Morgan fingerprint density at radius 3 is 2.65 bits per heavy atom. The summed E-state index contributed by atoms with van der Waals surface area (Å²) < 4.78 is 13.1. The largest absolute Gasteiger partial charge is 0.370 e. The van der Waals surface area contributed by atoms with Crippen molar-refractivity contribution in [2.75, 3.05) is 24.5 Å². The summed E-state index contributed by atoms with van der Waals surface area (Å²) >= 11 is 5.87.